The second-order valence-electron chi connectivity index (χ2n) is 8.56. The summed E-state index contributed by atoms with van der Waals surface area (Å²) >= 11 is 6.21. The number of nitrogens with zero attached hydrogens (tertiary/aromatic N) is 3. The van der Waals surface area contributed by atoms with Crippen LogP contribution in [-0.2, 0) is 0 Å². The molecule has 2 aliphatic heterocycles. The molecule has 6 rings (SSSR count). The van der Waals surface area contributed by atoms with Gasteiger partial charge in [0.1, 0.15) is 5.69 Å². The van der Waals surface area contributed by atoms with Crippen LogP contribution in [0.4, 0.5) is 5.69 Å². The quantitative estimate of drug-likeness (QED) is 0.448. The molecule has 2 unspecified atom stereocenters. The molecule has 6 nitrogen and oxygen atoms in total. The maximum absolute atomic E-state index is 6.21. The van der Waals surface area contributed by atoms with Crippen molar-refractivity contribution in [2.45, 2.75) is 31.7 Å². The van der Waals surface area contributed by atoms with Crippen LogP contribution < -0.4 is 10.2 Å². The highest BCUT2D eigenvalue weighted by Gasteiger charge is 2.32. The van der Waals surface area contributed by atoms with Crippen molar-refractivity contribution in [1.82, 2.24) is 25.5 Å². The second-order valence-corrected chi connectivity index (χ2v) is 8.99. The van der Waals surface area contributed by atoms with Gasteiger partial charge < -0.3 is 15.2 Å². The summed E-state index contributed by atoms with van der Waals surface area (Å²) in [6.45, 7) is 3.43. The van der Waals surface area contributed by atoms with Crippen molar-refractivity contribution in [3.8, 4) is 11.5 Å². The van der Waals surface area contributed by atoms with Crippen LogP contribution in [0.1, 0.15) is 25.7 Å². The van der Waals surface area contributed by atoms with Gasteiger partial charge in [-0.25, -0.2) is 4.98 Å². The van der Waals surface area contributed by atoms with Crippen LogP contribution in [0.25, 0.3) is 33.5 Å². The average molecular weight is 421 g/mol. The number of imidazole rings is 1. The third kappa shape index (κ3) is 3.06. The van der Waals surface area contributed by atoms with Crippen molar-refractivity contribution in [3.63, 3.8) is 0 Å². The van der Waals surface area contributed by atoms with Gasteiger partial charge in [-0.1, -0.05) is 11.6 Å². The maximum Gasteiger partial charge on any atom is 0.159 e. The standard InChI is InChI=1S/C23H25ClN6/c24-15-4-6-18-17(11-15)22(29-28-18)23-26-19-7-5-16(12-20(19)27-23)30-10-2-1-3-21(30)14-8-9-25-13-14/h4-7,11-12,14,21,25H,1-3,8-10,13H2,(H,26,27)(H,28,29). The average Bonchev–Trinajstić information content (AvgIpc) is 3.51. The number of anilines is 1. The Kier molecular flexibility index (Phi) is 4.43. The number of halogens is 1. The van der Waals surface area contributed by atoms with E-state index in [1.165, 1.54) is 31.4 Å². The molecule has 2 aromatic heterocycles. The van der Waals surface area contributed by atoms with E-state index in [1.807, 2.05) is 18.2 Å². The molecular formula is C23H25ClN6. The van der Waals surface area contributed by atoms with E-state index < -0.39 is 0 Å². The summed E-state index contributed by atoms with van der Waals surface area (Å²) in [4.78, 5) is 10.9. The Balaban J connectivity index is 1.37. The molecule has 2 saturated heterocycles. The molecule has 3 N–H and O–H groups in total. The van der Waals surface area contributed by atoms with Crippen LogP contribution in [0, 0.1) is 5.92 Å². The first-order valence-electron chi connectivity index (χ1n) is 10.9. The molecule has 154 valence electrons. The third-order valence-corrected chi connectivity index (χ3v) is 6.97. The third-order valence-electron chi connectivity index (χ3n) is 6.74. The number of fused-ring (bicyclic) bond motifs is 2. The van der Waals surface area contributed by atoms with Crippen LogP contribution in [0.5, 0.6) is 0 Å². The Bertz CT molecular complexity index is 1210. The van der Waals surface area contributed by atoms with Crippen molar-refractivity contribution >= 4 is 39.2 Å². The number of rotatable bonds is 3. The van der Waals surface area contributed by atoms with Crippen molar-refractivity contribution in [2.24, 2.45) is 5.92 Å². The normalized spacial score (nSPS) is 22.4. The molecule has 2 aromatic carbocycles. The molecule has 4 heterocycles. The number of hydrogen-bond acceptors (Lipinski definition) is 4. The molecule has 0 radical (unpaired) electrons. The molecule has 2 fully saturated rings. The molecule has 0 amide bonds. The van der Waals surface area contributed by atoms with Gasteiger partial charge in [0.2, 0.25) is 0 Å². The summed E-state index contributed by atoms with van der Waals surface area (Å²) in [7, 11) is 0. The van der Waals surface area contributed by atoms with E-state index in [4.69, 9.17) is 16.6 Å². The van der Waals surface area contributed by atoms with Crippen molar-refractivity contribution < 1.29 is 0 Å². The van der Waals surface area contributed by atoms with Gasteiger partial charge in [0.05, 0.1) is 16.6 Å². The van der Waals surface area contributed by atoms with E-state index in [2.05, 4.69) is 43.6 Å². The van der Waals surface area contributed by atoms with Crippen molar-refractivity contribution in [1.29, 1.82) is 0 Å². The summed E-state index contributed by atoms with van der Waals surface area (Å²) in [6, 6.07) is 13.0. The zero-order chi connectivity index (χ0) is 20.1. The van der Waals surface area contributed by atoms with E-state index in [-0.39, 0.29) is 0 Å². The van der Waals surface area contributed by atoms with Gasteiger partial charge in [0.15, 0.2) is 5.82 Å². The fourth-order valence-electron chi connectivity index (χ4n) is 5.23. The second kappa shape index (κ2) is 7.29. The van der Waals surface area contributed by atoms with Crippen LogP contribution in [0.3, 0.4) is 0 Å². The van der Waals surface area contributed by atoms with Crippen LogP contribution >= 0.6 is 11.6 Å². The van der Waals surface area contributed by atoms with E-state index in [0.29, 0.717) is 11.1 Å². The highest BCUT2D eigenvalue weighted by atomic mass is 35.5. The Hall–Kier alpha value is -2.57. The highest BCUT2D eigenvalue weighted by Crippen LogP contribution is 2.34. The first-order chi connectivity index (χ1) is 14.8. The molecular weight excluding hydrogens is 396 g/mol. The number of H-pyrrole nitrogens is 2. The fraction of sp³-hybridized carbons (Fsp3) is 0.391. The van der Waals surface area contributed by atoms with Crippen LogP contribution in [-0.4, -0.2) is 45.8 Å². The largest absolute Gasteiger partial charge is 0.368 e. The molecule has 0 bridgehead atoms. The number of nitrogens with one attached hydrogen (secondary N) is 3. The van der Waals surface area contributed by atoms with Gasteiger partial charge in [-0.2, -0.15) is 5.10 Å². The lowest BCUT2D eigenvalue weighted by atomic mass is 9.89. The lowest BCUT2D eigenvalue weighted by Gasteiger charge is -2.40. The van der Waals surface area contributed by atoms with Gasteiger partial charge >= 0.3 is 0 Å². The molecule has 30 heavy (non-hydrogen) atoms. The Morgan fingerprint density at radius 1 is 1.03 bits per heavy atom. The van der Waals surface area contributed by atoms with Crippen LogP contribution in [0.2, 0.25) is 5.02 Å². The van der Waals surface area contributed by atoms with Crippen LogP contribution in [0.15, 0.2) is 36.4 Å². The molecule has 7 heteroatoms. The Labute approximate surface area is 180 Å². The Morgan fingerprint density at radius 3 is 2.90 bits per heavy atom. The minimum Gasteiger partial charge on any atom is -0.368 e. The SMILES string of the molecule is Clc1ccc2[nH]nc(-c3nc4ccc(N5CCCCC5C5CCNC5)cc4[nH]3)c2c1. The van der Waals surface area contributed by atoms with E-state index in [1.54, 1.807) is 0 Å². The lowest BCUT2D eigenvalue weighted by molar-refractivity contribution is 0.355. The number of piperidine rings is 1. The van der Waals surface area contributed by atoms with Crippen molar-refractivity contribution in [2.75, 3.05) is 24.5 Å². The Morgan fingerprint density at radius 2 is 2.00 bits per heavy atom. The summed E-state index contributed by atoms with van der Waals surface area (Å²) < 4.78 is 0. The number of benzene rings is 2. The fourth-order valence-corrected chi connectivity index (χ4v) is 5.40. The van der Waals surface area contributed by atoms with Gasteiger partial charge in [-0.15, -0.1) is 0 Å². The first kappa shape index (κ1) is 18.2. The minimum atomic E-state index is 0.631. The molecule has 2 atom stereocenters. The predicted molar refractivity (Wildman–Crippen MR) is 122 cm³/mol. The summed E-state index contributed by atoms with van der Waals surface area (Å²) in [5.41, 5.74) is 5.07. The van der Waals surface area contributed by atoms with Gasteiger partial charge in [0, 0.05) is 28.7 Å². The predicted octanol–water partition coefficient (Wildman–Crippen LogP) is 4.73. The molecule has 4 aromatic rings. The topological polar surface area (TPSA) is 72.6 Å². The highest BCUT2D eigenvalue weighted by molar-refractivity contribution is 6.31. The summed E-state index contributed by atoms with van der Waals surface area (Å²) in [5, 5.41) is 12.8. The smallest absolute Gasteiger partial charge is 0.159 e. The van der Waals surface area contributed by atoms with E-state index in [0.717, 1.165) is 59.0 Å². The zero-order valence-electron chi connectivity index (χ0n) is 16.8. The monoisotopic (exact) mass is 420 g/mol. The zero-order valence-corrected chi connectivity index (χ0v) is 17.5. The number of aromatic amines is 2. The van der Waals surface area contributed by atoms with Gasteiger partial charge in [-0.05, 0) is 81.1 Å². The number of aromatic nitrogens is 4. The summed E-state index contributed by atoms with van der Waals surface area (Å²) in [6.07, 6.45) is 5.18. The molecule has 0 spiro atoms. The van der Waals surface area contributed by atoms with E-state index >= 15 is 0 Å². The molecule has 0 aliphatic carbocycles. The van der Waals surface area contributed by atoms with E-state index in [9.17, 15) is 0 Å². The number of hydrogen-bond donors (Lipinski definition) is 3. The molecule has 0 saturated carbocycles. The van der Waals surface area contributed by atoms with Crippen molar-refractivity contribution in [3.05, 3.63) is 41.4 Å². The minimum absolute atomic E-state index is 0.631. The molecule has 2 aliphatic rings. The first-order valence-corrected chi connectivity index (χ1v) is 11.3. The maximum atomic E-state index is 6.21. The van der Waals surface area contributed by atoms with Gasteiger partial charge in [-0.3, -0.25) is 5.10 Å². The summed E-state index contributed by atoms with van der Waals surface area (Å²) in [5.74, 6) is 1.52. The van der Waals surface area contributed by atoms with Gasteiger partial charge in [0.25, 0.3) is 0 Å². The lowest BCUT2D eigenvalue weighted by Crippen LogP contribution is -2.45.